The number of aryl methyl sites for hydroxylation is 1. The molecule has 3 nitrogen and oxygen atoms in total. The predicted molar refractivity (Wildman–Crippen MR) is 116 cm³/mol. The molecular formula is C21H26Br2N2O. The van der Waals surface area contributed by atoms with Gasteiger partial charge < -0.3 is 15.7 Å². The number of benzene rings is 1. The maximum absolute atomic E-state index is 9.68. The van der Waals surface area contributed by atoms with Crippen LogP contribution in [0, 0.1) is 12.8 Å². The Labute approximate surface area is 173 Å². The fourth-order valence-corrected chi connectivity index (χ4v) is 4.53. The molecule has 2 heterocycles. The second-order valence-electron chi connectivity index (χ2n) is 6.55. The van der Waals surface area contributed by atoms with Gasteiger partial charge in [-0.2, -0.15) is 0 Å². The lowest BCUT2D eigenvalue weighted by molar-refractivity contribution is 0.474. The standard InChI is InChI=1S/C14H13Br2NO.C5H11N.C2H2/c15-10-3-9-2-1-8-4-11(18)5-13(16)12(8)6-14(9)17-7-10;1-2-4-6-5-3-1;1-2/h3-5,7,14,17-18H,1-2,6H2;6H,1-5H2;1-2H. The molecule has 1 aromatic carbocycles. The fraction of sp³-hybridized carbons (Fsp3) is 0.429. The van der Waals surface area contributed by atoms with E-state index in [-0.39, 0.29) is 0 Å². The third-order valence-electron chi connectivity index (χ3n) is 4.76. The molecule has 1 fully saturated rings. The molecule has 3 N–H and O–H groups in total. The summed E-state index contributed by atoms with van der Waals surface area (Å²) in [5, 5.41) is 16.4. The fourth-order valence-electron chi connectivity index (χ4n) is 3.46. The average molecular weight is 482 g/mol. The number of piperidine rings is 1. The first-order valence-corrected chi connectivity index (χ1v) is 10.6. The molecule has 26 heavy (non-hydrogen) atoms. The van der Waals surface area contributed by atoms with Crippen LogP contribution in [0.3, 0.4) is 0 Å². The van der Waals surface area contributed by atoms with Crippen LogP contribution in [0.15, 0.2) is 38.9 Å². The lowest BCUT2D eigenvalue weighted by atomic mass is 9.98. The highest BCUT2D eigenvalue weighted by atomic mass is 79.9. The highest BCUT2D eigenvalue weighted by Gasteiger charge is 2.24. The molecule has 1 aromatic rings. The number of fused-ring (bicyclic) bond motifs is 2. The van der Waals surface area contributed by atoms with Gasteiger partial charge in [0.25, 0.3) is 0 Å². The number of hydrogen-bond donors (Lipinski definition) is 3. The molecule has 0 bridgehead atoms. The number of phenols is 1. The third kappa shape index (κ3) is 5.90. The molecule has 3 aliphatic rings. The molecule has 0 spiro atoms. The molecule has 0 aromatic heterocycles. The van der Waals surface area contributed by atoms with E-state index >= 15 is 0 Å². The number of rotatable bonds is 0. The second-order valence-corrected chi connectivity index (χ2v) is 8.32. The van der Waals surface area contributed by atoms with Crippen LogP contribution in [0.2, 0.25) is 0 Å². The van der Waals surface area contributed by atoms with Gasteiger partial charge in [0.05, 0.1) is 6.04 Å². The second kappa shape index (κ2) is 10.8. The Morgan fingerprint density at radius 3 is 2.38 bits per heavy atom. The zero-order chi connectivity index (χ0) is 18.9. The molecular weight excluding hydrogens is 456 g/mol. The minimum absolute atomic E-state index is 0.340. The van der Waals surface area contributed by atoms with Crippen molar-refractivity contribution < 1.29 is 5.11 Å². The van der Waals surface area contributed by atoms with Gasteiger partial charge in [-0.15, -0.1) is 12.8 Å². The zero-order valence-corrected chi connectivity index (χ0v) is 18.1. The molecule has 140 valence electrons. The number of hydrogen-bond acceptors (Lipinski definition) is 3. The van der Waals surface area contributed by atoms with Crippen LogP contribution < -0.4 is 10.6 Å². The Morgan fingerprint density at radius 1 is 1.04 bits per heavy atom. The van der Waals surface area contributed by atoms with Crippen molar-refractivity contribution in [2.75, 3.05) is 13.1 Å². The summed E-state index contributed by atoms with van der Waals surface area (Å²) in [5.74, 6) is 0.340. The van der Waals surface area contributed by atoms with E-state index in [2.05, 4.69) is 61.4 Å². The van der Waals surface area contributed by atoms with E-state index in [9.17, 15) is 5.11 Å². The molecule has 0 radical (unpaired) electrons. The normalized spacial score (nSPS) is 20.8. The molecule has 5 heteroatoms. The van der Waals surface area contributed by atoms with Crippen LogP contribution in [0.1, 0.15) is 36.8 Å². The summed E-state index contributed by atoms with van der Waals surface area (Å²) in [5.41, 5.74) is 3.97. The summed E-state index contributed by atoms with van der Waals surface area (Å²) >= 11 is 7.07. The summed E-state index contributed by atoms with van der Waals surface area (Å²) < 4.78 is 2.11. The predicted octanol–water partition coefficient (Wildman–Crippen LogP) is 4.79. The van der Waals surface area contributed by atoms with Crippen molar-refractivity contribution in [1.29, 1.82) is 0 Å². The van der Waals surface area contributed by atoms with E-state index in [1.54, 1.807) is 6.07 Å². The van der Waals surface area contributed by atoms with Gasteiger partial charge in [0, 0.05) is 15.2 Å². The van der Waals surface area contributed by atoms with Gasteiger partial charge >= 0.3 is 0 Å². The van der Waals surface area contributed by atoms with Crippen LogP contribution >= 0.6 is 31.9 Å². The summed E-state index contributed by atoms with van der Waals surface area (Å²) in [6.07, 6.45) is 19.4. The Balaban J connectivity index is 0.000000256. The molecule has 0 amide bonds. The Bertz CT molecular complexity index is 679. The lowest BCUT2D eigenvalue weighted by Crippen LogP contribution is -2.30. The maximum Gasteiger partial charge on any atom is 0.116 e. The van der Waals surface area contributed by atoms with Crippen molar-refractivity contribution in [2.24, 2.45) is 0 Å². The van der Waals surface area contributed by atoms with E-state index in [4.69, 9.17) is 0 Å². The van der Waals surface area contributed by atoms with Crippen LogP contribution in [-0.4, -0.2) is 24.2 Å². The number of dihydropyridines is 1. The van der Waals surface area contributed by atoms with E-state index < -0.39 is 0 Å². The number of terminal acetylenes is 1. The van der Waals surface area contributed by atoms with Gasteiger partial charge in [-0.25, -0.2) is 0 Å². The number of allylic oxidation sites excluding steroid dienone is 2. The van der Waals surface area contributed by atoms with Crippen molar-refractivity contribution in [2.45, 2.75) is 44.6 Å². The first-order chi connectivity index (χ1) is 12.6. The van der Waals surface area contributed by atoms with Gasteiger partial charge in [-0.3, -0.25) is 0 Å². The molecule has 1 aliphatic carbocycles. The summed E-state index contributed by atoms with van der Waals surface area (Å²) in [6, 6.07) is 4.04. The smallest absolute Gasteiger partial charge is 0.116 e. The largest absolute Gasteiger partial charge is 0.508 e. The molecule has 2 aliphatic heterocycles. The Morgan fingerprint density at radius 2 is 1.77 bits per heavy atom. The van der Waals surface area contributed by atoms with Crippen LogP contribution in [-0.2, 0) is 12.8 Å². The van der Waals surface area contributed by atoms with Crippen molar-refractivity contribution in [3.8, 4) is 18.6 Å². The first kappa shape index (κ1) is 21.1. The van der Waals surface area contributed by atoms with Gasteiger partial charge in [-0.1, -0.05) is 22.4 Å². The number of phenolic OH excluding ortho intramolecular Hbond substituents is 1. The van der Waals surface area contributed by atoms with Gasteiger partial charge in [0.15, 0.2) is 0 Å². The highest BCUT2D eigenvalue weighted by Crippen LogP contribution is 2.34. The Hall–Kier alpha value is -1.22. The first-order valence-electron chi connectivity index (χ1n) is 9.00. The van der Waals surface area contributed by atoms with Crippen LogP contribution in [0.4, 0.5) is 0 Å². The molecule has 1 unspecified atom stereocenters. The minimum Gasteiger partial charge on any atom is -0.508 e. The summed E-state index contributed by atoms with van der Waals surface area (Å²) in [4.78, 5) is 0. The molecule has 4 rings (SSSR count). The minimum atomic E-state index is 0.340. The third-order valence-corrected chi connectivity index (χ3v) is 5.93. The number of halogens is 2. The van der Waals surface area contributed by atoms with Gasteiger partial charge in [0.1, 0.15) is 5.75 Å². The monoisotopic (exact) mass is 480 g/mol. The summed E-state index contributed by atoms with van der Waals surface area (Å²) in [7, 11) is 0. The van der Waals surface area contributed by atoms with E-state index in [0.717, 1.165) is 28.2 Å². The van der Waals surface area contributed by atoms with Crippen LogP contribution in [0.5, 0.6) is 5.75 Å². The van der Waals surface area contributed by atoms with Crippen LogP contribution in [0.25, 0.3) is 0 Å². The lowest BCUT2D eigenvalue weighted by Gasteiger charge is -2.23. The maximum atomic E-state index is 9.68. The quantitative estimate of drug-likeness (QED) is 0.467. The van der Waals surface area contributed by atoms with Crippen molar-refractivity contribution in [1.82, 2.24) is 10.6 Å². The zero-order valence-electron chi connectivity index (χ0n) is 14.9. The Kier molecular flexibility index (Phi) is 8.77. The van der Waals surface area contributed by atoms with E-state index in [0.29, 0.717) is 11.8 Å². The van der Waals surface area contributed by atoms with Crippen molar-refractivity contribution in [3.05, 3.63) is 50.1 Å². The molecule has 1 atom stereocenters. The molecule has 1 saturated heterocycles. The van der Waals surface area contributed by atoms with E-state index in [1.165, 1.54) is 49.1 Å². The van der Waals surface area contributed by atoms with E-state index in [1.807, 2.05) is 12.3 Å². The molecule has 0 saturated carbocycles. The highest BCUT2D eigenvalue weighted by molar-refractivity contribution is 9.12. The summed E-state index contributed by atoms with van der Waals surface area (Å²) in [6.45, 7) is 2.50. The topological polar surface area (TPSA) is 44.3 Å². The van der Waals surface area contributed by atoms with Crippen molar-refractivity contribution >= 4 is 31.9 Å². The van der Waals surface area contributed by atoms with Gasteiger partial charge in [-0.05, 0) is 96.0 Å². The number of aromatic hydroxyl groups is 1. The SMILES string of the molecule is C#C.C1CCNCC1.Oc1cc(Br)c2c(c1)CCC1=CC(Br)=CNC1C2. The van der Waals surface area contributed by atoms with Gasteiger partial charge in [0.2, 0.25) is 0 Å². The van der Waals surface area contributed by atoms with Crippen molar-refractivity contribution in [3.63, 3.8) is 0 Å². The number of nitrogens with one attached hydrogen (secondary N) is 2. The average Bonchev–Trinajstić information content (AvgIpc) is 2.85.